The number of nitrogens with zero attached hydrogens (tertiary/aromatic N) is 2. The molecule has 1 aliphatic heterocycles. The van der Waals surface area contributed by atoms with Gasteiger partial charge in [-0.1, -0.05) is 30.3 Å². The van der Waals surface area contributed by atoms with E-state index in [2.05, 4.69) is 22.6 Å². The molecule has 2 aromatic carbocycles. The summed E-state index contributed by atoms with van der Waals surface area (Å²) in [4.78, 5) is 26.7. The van der Waals surface area contributed by atoms with Crippen LogP contribution < -0.4 is 0 Å². The topological polar surface area (TPSA) is 70.4 Å². The minimum absolute atomic E-state index is 0.157. The lowest BCUT2D eigenvalue weighted by Gasteiger charge is -2.19. The molecule has 5 nitrogen and oxygen atoms in total. The van der Waals surface area contributed by atoms with Gasteiger partial charge in [0.2, 0.25) is 0 Å². The second kappa shape index (κ2) is 7.70. The highest BCUT2D eigenvalue weighted by molar-refractivity contribution is 14.1. The normalized spacial score (nSPS) is 14.7. The Morgan fingerprint density at radius 3 is 2.42 bits per heavy atom. The highest BCUT2D eigenvalue weighted by Gasteiger charge is 2.36. The number of carbonyl (C=O) groups is 2. The fourth-order valence-corrected chi connectivity index (χ4v) is 3.22. The fraction of sp³-hybridized carbons (Fsp3) is 0.150. The van der Waals surface area contributed by atoms with Gasteiger partial charge in [-0.3, -0.25) is 4.79 Å². The standard InChI is InChI=1S/C20H15IN2O3/c1-2-26-20(25)17(11-22)18-15-5-3-4-6-16(15)19(24)23(18)12-13-7-9-14(21)10-8-13/h3-10H,2,12H2,1H3/b18-17-. The summed E-state index contributed by atoms with van der Waals surface area (Å²) in [6.45, 7) is 2.10. The van der Waals surface area contributed by atoms with Crippen LogP contribution in [0.5, 0.6) is 0 Å². The van der Waals surface area contributed by atoms with Gasteiger partial charge in [0, 0.05) is 14.7 Å². The molecule has 0 N–H and O–H groups in total. The molecular weight excluding hydrogens is 443 g/mol. The van der Waals surface area contributed by atoms with Gasteiger partial charge in [0.25, 0.3) is 5.91 Å². The molecule has 1 amide bonds. The van der Waals surface area contributed by atoms with Crippen molar-refractivity contribution in [1.29, 1.82) is 5.26 Å². The molecule has 0 spiro atoms. The lowest BCUT2D eigenvalue weighted by Crippen LogP contribution is -2.25. The van der Waals surface area contributed by atoms with Crippen LogP contribution in [0.3, 0.4) is 0 Å². The molecule has 1 heterocycles. The summed E-state index contributed by atoms with van der Waals surface area (Å²) < 4.78 is 6.10. The first kappa shape index (κ1) is 18.1. The third-order valence-electron chi connectivity index (χ3n) is 4.01. The molecule has 3 rings (SSSR count). The summed E-state index contributed by atoms with van der Waals surface area (Å²) in [5, 5.41) is 9.57. The first-order chi connectivity index (χ1) is 12.6. The van der Waals surface area contributed by atoms with Crippen molar-refractivity contribution in [3.05, 3.63) is 74.4 Å². The Morgan fingerprint density at radius 2 is 1.81 bits per heavy atom. The lowest BCUT2D eigenvalue weighted by molar-refractivity contribution is -0.137. The van der Waals surface area contributed by atoms with E-state index in [-0.39, 0.29) is 24.6 Å². The Morgan fingerprint density at radius 1 is 1.15 bits per heavy atom. The van der Waals surface area contributed by atoms with Crippen LogP contribution in [0.1, 0.15) is 28.4 Å². The van der Waals surface area contributed by atoms with Gasteiger partial charge >= 0.3 is 5.97 Å². The van der Waals surface area contributed by atoms with Crippen molar-refractivity contribution in [1.82, 2.24) is 4.90 Å². The summed E-state index contributed by atoms with van der Waals surface area (Å²) in [6.07, 6.45) is 0. The van der Waals surface area contributed by atoms with E-state index in [1.165, 1.54) is 4.90 Å². The molecular formula is C20H15IN2O3. The van der Waals surface area contributed by atoms with Gasteiger partial charge in [-0.2, -0.15) is 5.26 Å². The Hall–Kier alpha value is -2.66. The SMILES string of the molecule is CCOC(=O)/C(C#N)=C1/c2ccccc2C(=O)N1Cc1ccc(I)cc1. The van der Waals surface area contributed by atoms with E-state index in [1.807, 2.05) is 30.3 Å². The van der Waals surface area contributed by atoms with Crippen molar-refractivity contribution in [2.24, 2.45) is 0 Å². The monoisotopic (exact) mass is 458 g/mol. The van der Waals surface area contributed by atoms with Gasteiger partial charge in [-0.05, 0) is 53.3 Å². The minimum Gasteiger partial charge on any atom is -0.462 e. The van der Waals surface area contributed by atoms with Gasteiger partial charge in [0.05, 0.1) is 18.8 Å². The number of hydrogen-bond acceptors (Lipinski definition) is 4. The summed E-state index contributed by atoms with van der Waals surface area (Å²) in [7, 11) is 0. The second-order valence-corrected chi connectivity index (χ2v) is 6.86. The molecule has 26 heavy (non-hydrogen) atoms. The largest absolute Gasteiger partial charge is 0.462 e. The van der Waals surface area contributed by atoms with E-state index >= 15 is 0 Å². The zero-order chi connectivity index (χ0) is 18.7. The smallest absolute Gasteiger partial charge is 0.351 e. The molecule has 2 aromatic rings. The van der Waals surface area contributed by atoms with Crippen molar-refractivity contribution < 1.29 is 14.3 Å². The van der Waals surface area contributed by atoms with Crippen molar-refractivity contribution in [2.45, 2.75) is 13.5 Å². The zero-order valence-electron chi connectivity index (χ0n) is 14.0. The van der Waals surface area contributed by atoms with Crippen LogP contribution in [0, 0.1) is 14.9 Å². The number of amides is 1. The third kappa shape index (κ3) is 3.35. The van der Waals surface area contributed by atoms with E-state index < -0.39 is 5.97 Å². The highest BCUT2D eigenvalue weighted by Crippen LogP contribution is 2.36. The number of fused-ring (bicyclic) bond motifs is 1. The van der Waals surface area contributed by atoms with Crippen LogP contribution in [0.25, 0.3) is 5.70 Å². The molecule has 0 fully saturated rings. The molecule has 0 unspecified atom stereocenters. The summed E-state index contributed by atoms with van der Waals surface area (Å²) in [6, 6.07) is 16.7. The average molecular weight is 458 g/mol. The Bertz CT molecular complexity index is 942. The van der Waals surface area contributed by atoms with Gasteiger partial charge in [-0.25, -0.2) is 4.79 Å². The fourth-order valence-electron chi connectivity index (χ4n) is 2.86. The molecule has 1 aliphatic rings. The van der Waals surface area contributed by atoms with Crippen molar-refractivity contribution >= 4 is 40.2 Å². The average Bonchev–Trinajstić information content (AvgIpc) is 2.91. The Labute approximate surface area is 165 Å². The summed E-state index contributed by atoms with van der Waals surface area (Å²) >= 11 is 2.21. The summed E-state index contributed by atoms with van der Waals surface area (Å²) in [5.41, 5.74) is 2.11. The molecule has 0 saturated carbocycles. The molecule has 130 valence electrons. The van der Waals surface area contributed by atoms with Gasteiger partial charge < -0.3 is 9.64 Å². The first-order valence-corrected chi connectivity index (χ1v) is 9.12. The highest BCUT2D eigenvalue weighted by atomic mass is 127. The van der Waals surface area contributed by atoms with Crippen LogP contribution in [0.2, 0.25) is 0 Å². The molecule has 0 atom stereocenters. The number of benzene rings is 2. The number of halogens is 1. The molecule has 0 saturated heterocycles. The first-order valence-electron chi connectivity index (χ1n) is 8.04. The van der Waals surface area contributed by atoms with E-state index in [0.717, 1.165) is 9.13 Å². The third-order valence-corrected chi connectivity index (χ3v) is 4.73. The van der Waals surface area contributed by atoms with Crippen molar-refractivity contribution in [3.63, 3.8) is 0 Å². The van der Waals surface area contributed by atoms with E-state index in [9.17, 15) is 14.9 Å². The molecule has 6 heteroatoms. The number of carbonyl (C=O) groups excluding carboxylic acids is 2. The van der Waals surface area contributed by atoms with Crippen LogP contribution in [0.15, 0.2) is 54.1 Å². The maximum Gasteiger partial charge on any atom is 0.351 e. The van der Waals surface area contributed by atoms with Crippen LogP contribution in [-0.4, -0.2) is 23.4 Å². The van der Waals surface area contributed by atoms with Crippen LogP contribution >= 0.6 is 22.6 Å². The Kier molecular flexibility index (Phi) is 5.38. The predicted molar refractivity (Wildman–Crippen MR) is 105 cm³/mol. The number of hydrogen-bond donors (Lipinski definition) is 0. The lowest BCUT2D eigenvalue weighted by atomic mass is 10.0. The van der Waals surface area contributed by atoms with Gasteiger partial charge in [0.1, 0.15) is 6.07 Å². The van der Waals surface area contributed by atoms with E-state index in [4.69, 9.17) is 4.74 Å². The number of rotatable bonds is 4. The molecule has 0 radical (unpaired) electrons. The van der Waals surface area contributed by atoms with E-state index in [0.29, 0.717) is 16.8 Å². The Balaban J connectivity index is 2.12. The number of nitriles is 1. The number of esters is 1. The minimum atomic E-state index is -0.720. The second-order valence-electron chi connectivity index (χ2n) is 5.62. The maximum atomic E-state index is 12.9. The summed E-state index contributed by atoms with van der Waals surface area (Å²) in [5.74, 6) is -0.951. The van der Waals surface area contributed by atoms with E-state index in [1.54, 1.807) is 31.2 Å². The van der Waals surface area contributed by atoms with Gasteiger partial charge in [0.15, 0.2) is 5.57 Å². The quantitative estimate of drug-likeness (QED) is 0.303. The number of ether oxygens (including phenoxy) is 1. The molecule has 0 aromatic heterocycles. The van der Waals surface area contributed by atoms with Crippen LogP contribution in [0.4, 0.5) is 0 Å². The van der Waals surface area contributed by atoms with Gasteiger partial charge in [-0.15, -0.1) is 0 Å². The molecule has 0 aliphatic carbocycles. The predicted octanol–water partition coefficient (Wildman–Crippen LogP) is 3.74. The molecule has 0 bridgehead atoms. The van der Waals surface area contributed by atoms with Crippen LogP contribution in [-0.2, 0) is 16.1 Å². The maximum absolute atomic E-state index is 12.9. The van der Waals surface area contributed by atoms with Crippen molar-refractivity contribution in [2.75, 3.05) is 6.61 Å². The zero-order valence-corrected chi connectivity index (χ0v) is 16.2. The van der Waals surface area contributed by atoms with Crippen molar-refractivity contribution in [3.8, 4) is 6.07 Å².